The summed E-state index contributed by atoms with van der Waals surface area (Å²) in [6.45, 7) is 7.34. The van der Waals surface area contributed by atoms with E-state index in [9.17, 15) is 0 Å². The number of ether oxygens (including phenoxy) is 2. The maximum Gasteiger partial charge on any atom is 0.184 e. The molecule has 1 aliphatic heterocycles. The Morgan fingerprint density at radius 1 is 0.742 bits per heavy atom. The molecule has 0 saturated carbocycles. The topological polar surface area (TPSA) is 68.5 Å². The summed E-state index contributed by atoms with van der Waals surface area (Å²) < 4.78 is 11.5. The summed E-state index contributed by atoms with van der Waals surface area (Å²) >= 11 is 0. The minimum absolute atomic E-state index is 0.144. The summed E-state index contributed by atoms with van der Waals surface area (Å²) in [5.74, 6) is 1.47. The van der Waals surface area contributed by atoms with Crippen molar-refractivity contribution in [1.82, 2.24) is 10.6 Å². The molecule has 1 aliphatic rings. The normalized spacial score (nSPS) is 17.5. The fourth-order valence-corrected chi connectivity index (χ4v) is 3.71. The summed E-state index contributed by atoms with van der Waals surface area (Å²) in [5.41, 5.74) is 12.3. The monoisotopic (exact) mass is 417 g/mol. The van der Waals surface area contributed by atoms with Gasteiger partial charge in [-0.1, -0.05) is 54.6 Å². The number of hydrogen-bond acceptors (Lipinski definition) is 5. The lowest BCUT2D eigenvalue weighted by molar-refractivity contribution is 0.0355. The molecule has 2 unspecified atom stereocenters. The molecule has 1 heterocycles. The minimum atomic E-state index is -0.433. The Hall–Kier alpha value is -2.86. The quantitative estimate of drug-likeness (QED) is 0.517. The second kappa shape index (κ2) is 9.96. The molecule has 3 aromatic carbocycles. The van der Waals surface area contributed by atoms with Crippen LogP contribution in [0.1, 0.15) is 34.7 Å². The van der Waals surface area contributed by atoms with Crippen molar-refractivity contribution in [2.75, 3.05) is 0 Å². The van der Waals surface area contributed by atoms with Gasteiger partial charge < -0.3 is 20.1 Å². The number of hydrogen-bond donors (Lipinski definition) is 3. The summed E-state index contributed by atoms with van der Waals surface area (Å²) in [5, 5.41) is 7.06. The third kappa shape index (κ3) is 5.64. The number of fused-ring (bicyclic) bond motifs is 1. The molecule has 2 atom stereocenters. The van der Waals surface area contributed by atoms with Gasteiger partial charge in [0.05, 0.1) is 0 Å². The van der Waals surface area contributed by atoms with E-state index in [0.717, 1.165) is 37.5 Å². The molecule has 0 aromatic heterocycles. The third-order valence-corrected chi connectivity index (χ3v) is 5.60. The molecule has 31 heavy (non-hydrogen) atoms. The molecule has 0 fully saturated rings. The van der Waals surface area contributed by atoms with Crippen LogP contribution in [0.25, 0.3) is 0 Å². The first-order chi connectivity index (χ1) is 15.1. The lowest BCUT2D eigenvalue weighted by atomic mass is 10.1. The second-order valence-corrected chi connectivity index (χ2v) is 8.14. The Labute approximate surface area is 184 Å². The van der Waals surface area contributed by atoms with Crippen LogP contribution >= 0.6 is 0 Å². The lowest BCUT2D eigenvalue weighted by Gasteiger charge is -2.29. The number of nitrogens with one attached hydrogen (secondary N) is 2. The van der Waals surface area contributed by atoms with E-state index in [-0.39, 0.29) is 6.10 Å². The fourth-order valence-electron chi connectivity index (χ4n) is 3.71. The Bertz CT molecular complexity index is 1020. The summed E-state index contributed by atoms with van der Waals surface area (Å²) in [6, 6.07) is 23.2. The zero-order valence-corrected chi connectivity index (χ0v) is 18.2. The van der Waals surface area contributed by atoms with Gasteiger partial charge in [0.15, 0.2) is 17.7 Å². The summed E-state index contributed by atoms with van der Waals surface area (Å²) in [7, 11) is 0. The SMILES string of the molecule is Cc1ccccc1CNCc1cccc(CNCc2ccc3c(c2)OC(N)C(C)O3)c1. The number of aryl methyl sites for hydroxylation is 1. The molecule has 0 spiro atoms. The molecule has 4 rings (SSSR count). The number of nitrogens with two attached hydrogens (primary N) is 1. The predicted molar refractivity (Wildman–Crippen MR) is 124 cm³/mol. The Morgan fingerprint density at radius 3 is 2.16 bits per heavy atom. The van der Waals surface area contributed by atoms with Gasteiger partial charge in [-0.2, -0.15) is 0 Å². The predicted octanol–water partition coefficient (Wildman–Crippen LogP) is 4.02. The van der Waals surface area contributed by atoms with Gasteiger partial charge in [0.2, 0.25) is 0 Å². The maximum atomic E-state index is 5.94. The third-order valence-electron chi connectivity index (χ3n) is 5.60. The fraction of sp³-hybridized carbons (Fsp3) is 0.308. The van der Waals surface area contributed by atoms with E-state index < -0.39 is 6.23 Å². The molecule has 0 amide bonds. The van der Waals surface area contributed by atoms with E-state index in [1.165, 1.54) is 22.3 Å². The zero-order chi connectivity index (χ0) is 21.6. The Morgan fingerprint density at radius 2 is 1.42 bits per heavy atom. The van der Waals surface area contributed by atoms with Gasteiger partial charge in [-0.05, 0) is 53.8 Å². The van der Waals surface area contributed by atoms with Gasteiger partial charge in [-0.15, -0.1) is 0 Å². The highest BCUT2D eigenvalue weighted by Crippen LogP contribution is 2.33. The zero-order valence-electron chi connectivity index (χ0n) is 18.2. The van der Waals surface area contributed by atoms with E-state index in [1.54, 1.807) is 0 Å². The van der Waals surface area contributed by atoms with Gasteiger partial charge >= 0.3 is 0 Å². The van der Waals surface area contributed by atoms with Crippen LogP contribution in [0, 0.1) is 6.92 Å². The van der Waals surface area contributed by atoms with Gasteiger partial charge in [0.1, 0.15) is 6.10 Å². The molecule has 0 saturated heterocycles. The molecule has 0 aliphatic carbocycles. The second-order valence-electron chi connectivity index (χ2n) is 8.14. The average molecular weight is 418 g/mol. The van der Waals surface area contributed by atoms with Crippen LogP contribution in [0.15, 0.2) is 66.7 Å². The van der Waals surface area contributed by atoms with Crippen molar-refractivity contribution in [3.05, 3.63) is 94.5 Å². The van der Waals surface area contributed by atoms with Crippen molar-refractivity contribution in [2.24, 2.45) is 5.73 Å². The highest BCUT2D eigenvalue weighted by molar-refractivity contribution is 5.44. The number of rotatable bonds is 8. The smallest absolute Gasteiger partial charge is 0.184 e. The first kappa shape index (κ1) is 21.4. The van der Waals surface area contributed by atoms with Crippen LogP contribution in [0.5, 0.6) is 11.5 Å². The molecule has 162 valence electrons. The van der Waals surface area contributed by atoms with Crippen molar-refractivity contribution in [1.29, 1.82) is 0 Å². The van der Waals surface area contributed by atoms with Gasteiger partial charge in [-0.3, -0.25) is 5.73 Å². The van der Waals surface area contributed by atoms with E-state index >= 15 is 0 Å². The number of benzene rings is 3. The van der Waals surface area contributed by atoms with Crippen LogP contribution in [-0.2, 0) is 26.2 Å². The molecule has 0 radical (unpaired) electrons. The Balaban J connectivity index is 1.27. The van der Waals surface area contributed by atoms with Crippen molar-refractivity contribution < 1.29 is 9.47 Å². The van der Waals surface area contributed by atoms with Gasteiger partial charge in [0, 0.05) is 26.2 Å². The van der Waals surface area contributed by atoms with Crippen LogP contribution in [0.3, 0.4) is 0 Å². The molecule has 5 nitrogen and oxygen atoms in total. The van der Waals surface area contributed by atoms with Crippen LogP contribution in [-0.4, -0.2) is 12.3 Å². The van der Waals surface area contributed by atoms with Crippen molar-refractivity contribution in [3.63, 3.8) is 0 Å². The van der Waals surface area contributed by atoms with E-state index in [4.69, 9.17) is 15.2 Å². The highest BCUT2D eigenvalue weighted by atomic mass is 16.6. The highest BCUT2D eigenvalue weighted by Gasteiger charge is 2.24. The van der Waals surface area contributed by atoms with E-state index in [0.29, 0.717) is 5.75 Å². The van der Waals surface area contributed by atoms with Gasteiger partial charge in [0.25, 0.3) is 0 Å². The molecule has 4 N–H and O–H groups in total. The standard InChI is InChI=1S/C26H31N3O2/c1-18-6-3-4-9-23(18)17-29-15-21-8-5-7-20(12-21)14-28-16-22-10-11-24-25(13-22)31-26(27)19(2)30-24/h3-13,19,26,28-29H,14-17,27H2,1-2H3. The molecular weight excluding hydrogens is 386 g/mol. The van der Waals surface area contributed by atoms with Crippen LogP contribution in [0.2, 0.25) is 0 Å². The average Bonchev–Trinajstić information content (AvgIpc) is 2.76. The van der Waals surface area contributed by atoms with E-state index in [1.807, 2.05) is 19.1 Å². The molecule has 5 heteroatoms. The lowest BCUT2D eigenvalue weighted by Crippen LogP contribution is -2.44. The van der Waals surface area contributed by atoms with Gasteiger partial charge in [-0.25, -0.2) is 0 Å². The summed E-state index contributed by atoms with van der Waals surface area (Å²) in [4.78, 5) is 0. The van der Waals surface area contributed by atoms with Crippen LogP contribution < -0.4 is 25.8 Å². The molecule has 0 bridgehead atoms. The first-order valence-corrected chi connectivity index (χ1v) is 10.8. The van der Waals surface area contributed by atoms with Crippen molar-refractivity contribution in [2.45, 2.75) is 52.4 Å². The van der Waals surface area contributed by atoms with Crippen LogP contribution in [0.4, 0.5) is 0 Å². The van der Waals surface area contributed by atoms with Crippen molar-refractivity contribution in [3.8, 4) is 11.5 Å². The molecule has 3 aromatic rings. The Kier molecular flexibility index (Phi) is 6.87. The molecular formula is C26H31N3O2. The van der Waals surface area contributed by atoms with Crippen molar-refractivity contribution >= 4 is 0 Å². The first-order valence-electron chi connectivity index (χ1n) is 10.8. The maximum absolute atomic E-state index is 5.94. The van der Waals surface area contributed by atoms with E-state index in [2.05, 4.69) is 72.2 Å². The summed E-state index contributed by atoms with van der Waals surface area (Å²) in [6.07, 6.45) is -0.576. The minimum Gasteiger partial charge on any atom is -0.481 e. The largest absolute Gasteiger partial charge is 0.481 e.